The molecule has 0 aliphatic heterocycles. The summed E-state index contributed by atoms with van der Waals surface area (Å²) in [6.45, 7) is 0.144. The van der Waals surface area contributed by atoms with Gasteiger partial charge in [-0.3, -0.25) is 0 Å². The van der Waals surface area contributed by atoms with Crippen LogP contribution < -0.4 is 5.73 Å². The predicted octanol–water partition coefficient (Wildman–Crippen LogP) is 1.67. The van der Waals surface area contributed by atoms with Crippen LogP contribution in [0.5, 0.6) is 0 Å². The van der Waals surface area contributed by atoms with E-state index in [9.17, 15) is 0 Å². The lowest BCUT2D eigenvalue weighted by atomic mass is 9.99. The second-order valence-electron chi connectivity index (χ2n) is 4.02. The van der Waals surface area contributed by atoms with Gasteiger partial charge in [0.05, 0.1) is 6.61 Å². The van der Waals surface area contributed by atoms with E-state index in [2.05, 4.69) is 0 Å². The molecule has 1 fully saturated rings. The fraction of sp³-hybridized carbons (Fsp3) is 1.00. The lowest BCUT2D eigenvalue weighted by Gasteiger charge is -2.10. The standard InChI is InChI=1S/C10H21NO/c11-10(8-12)7-3-6-9-4-1-2-5-9/h9-10,12H,1-8,11H2. The molecule has 0 aromatic rings. The van der Waals surface area contributed by atoms with Crippen LogP contribution >= 0.6 is 0 Å². The van der Waals surface area contributed by atoms with Crippen molar-refractivity contribution in [1.29, 1.82) is 0 Å². The van der Waals surface area contributed by atoms with Crippen LogP contribution in [0, 0.1) is 5.92 Å². The molecule has 1 aliphatic carbocycles. The van der Waals surface area contributed by atoms with Gasteiger partial charge >= 0.3 is 0 Å². The Bertz CT molecular complexity index is 110. The van der Waals surface area contributed by atoms with Crippen molar-refractivity contribution in [3.05, 3.63) is 0 Å². The summed E-state index contributed by atoms with van der Waals surface area (Å²) < 4.78 is 0. The summed E-state index contributed by atoms with van der Waals surface area (Å²) in [5.74, 6) is 0.968. The van der Waals surface area contributed by atoms with Crippen LogP contribution in [0.1, 0.15) is 44.9 Å². The molecule has 12 heavy (non-hydrogen) atoms. The van der Waals surface area contributed by atoms with Gasteiger partial charge in [0.1, 0.15) is 0 Å². The number of rotatable bonds is 5. The van der Waals surface area contributed by atoms with Crippen LogP contribution in [0.3, 0.4) is 0 Å². The zero-order chi connectivity index (χ0) is 8.81. The second kappa shape index (κ2) is 5.55. The molecule has 1 unspecified atom stereocenters. The van der Waals surface area contributed by atoms with Gasteiger partial charge in [-0.1, -0.05) is 38.5 Å². The number of aliphatic hydroxyl groups excluding tert-OH is 1. The summed E-state index contributed by atoms with van der Waals surface area (Å²) in [6, 6.07) is 0.0198. The molecular formula is C10H21NO. The minimum Gasteiger partial charge on any atom is -0.395 e. The maximum Gasteiger partial charge on any atom is 0.0582 e. The summed E-state index contributed by atoms with van der Waals surface area (Å²) in [6.07, 6.45) is 9.23. The molecule has 1 rings (SSSR count). The molecule has 2 heteroatoms. The first kappa shape index (κ1) is 10.0. The molecule has 0 aromatic heterocycles. The summed E-state index contributed by atoms with van der Waals surface area (Å²) in [7, 11) is 0. The van der Waals surface area contributed by atoms with Gasteiger partial charge < -0.3 is 10.8 Å². The molecule has 0 bridgehead atoms. The maximum absolute atomic E-state index is 8.70. The molecule has 0 amide bonds. The first-order valence-electron chi connectivity index (χ1n) is 5.19. The quantitative estimate of drug-likeness (QED) is 0.661. The van der Waals surface area contributed by atoms with Gasteiger partial charge in [0.25, 0.3) is 0 Å². The molecule has 1 atom stereocenters. The Kier molecular flexibility index (Phi) is 4.62. The minimum atomic E-state index is 0.0198. The summed E-state index contributed by atoms with van der Waals surface area (Å²) >= 11 is 0. The third-order valence-corrected chi connectivity index (χ3v) is 2.90. The average molecular weight is 171 g/mol. The van der Waals surface area contributed by atoms with Crippen molar-refractivity contribution < 1.29 is 5.11 Å². The highest BCUT2D eigenvalue weighted by Crippen LogP contribution is 2.28. The Morgan fingerprint density at radius 3 is 2.58 bits per heavy atom. The molecule has 1 aliphatic rings. The van der Waals surface area contributed by atoms with Crippen LogP contribution in [-0.4, -0.2) is 17.8 Å². The van der Waals surface area contributed by atoms with Gasteiger partial charge in [-0.05, 0) is 12.3 Å². The molecule has 0 aromatic carbocycles. The van der Waals surface area contributed by atoms with Gasteiger partial charge in [0.2, 0.25) is 0 Å². The molecule has 0 spiro atoms. The van der Waals surface area contributed by atoms with Gasteiger partial charge in [-0.25, -0.2) is 0 Å². The Morgan fingerprint density at radius 1 is 1.33 bits per heavy atom. The topological polar surface area (TPSA) is 46.2 Å². The Morgan fingerprint density at radius 2 is 2.00 bits per heavy atom. The second-order valence-corrected chi connectivity index (χ2v) is 4.02. The Labute approximate surface area is 75.2 Å². The van der Waals surface area contributed by atoms with Gasteiger partial charge in [-0.2, -0.15) is 0 Å². The normalized spacial score (nSPS) is 21.5. The first-order chi connectivity index (χ1) is 5.83. The van der Waals surface area contributed by atoms with Crippen molar-refractivity contribution in [3.8, 4) is 0 Å². The first-order valence-corrected chi connectivity index (χ1v) is 5.19. The van der Waals surface area contributed by atoms with E-state index in [0.717, 1.165) is 12.3 Å². The van der Waals surface area contributed by atoms with E-state index in [-0.39, 0.29) is 12.6 Å². The highest BCUT2D eigenvalue weighted by atomic mass is 16.3. The van der Waals surface area contributed by atoms with E-state index in [0.29, 0.717) is 0 Å². The van der Waals surface area contributed by atoms with Crippen molar-refractivity contribution >= 4 is 0 Å². The highest BCUT2D eigenvalue weighted by molar-refractivity contribution is 4.68. The Balaban J connectivity index is 1.94. The SMILES string of the molecule is NC(CO)CCCC1CCCC1. The zero-order valence-electron chi connectivity index (χ0n) is 7.84. The summed E-state index contributed by atoms with van der Waals surface area (Å²) in [5, 5.41) is 8.70. The van der Waals surface area contributed by atoms with Crippen molar-refractivity contribution in [1.82, 2.24) is 0 Å². The van der Waals surface area contributed by atoms with Crippen molar-refractivity contribution in [3.63, 3.8) is 0 Å². The summed E-state index contributed by atoms with van der Waals surface area (Å²) in [4.78, 5) is 0. The van der Waals surface area contributed by atoms with Crippen molar-refractivity contribution in [2.45, 2.75) is 51.0 Å². The molecule has 3 N–H and O–H groups in total. The van der Waals surface area contributed by atoms with Crippen LogP contribution in [0.25, 0.3) is 0 Å². The molecule has 72 valence electrons. The third kappa shape index (κ3) is 3.55. The molecule has 2 nitrogen and oxygen atoms in total. The van der Waals surface area contributed by atoms with Crippen LogP contribution in [0.4, 0.5) is 0 Å². The smallest absolute Gasteiger partial charge is 0.0582 e. The van der Waals surface area contributed by atoms with E-state index < -0.39 is 0 Å². The molecule has 0 radical (unpaired) electrons. The molecule has 0 saturated heterocycles. The fourth-order valence-corrected chi connectivity index (χ4v) is 2.06. The van der Waals surface area contributed by atoms with E-state index in [1.165, 1.54) is 38.5 Å². The number of hydrogen-bond acceptors (Lipinski definition) is 2. The van der Waals surface area contributed by atoms with E-state index in [4.69, 9.17) is 10.8 Å². The molecular weight excluding hydrogens is 150 g/mol. The maximum atomic E-state index is 8.70. The average Bonchev–Trinajstić information content (AvgIpc) is 2.57. The van der Waals surface area contributed by atoms with Gasteiger partial charge in [-0.15, -0.1) is 0 Å². The number of hydrogen-bond donors (Lipinski definition) is 2. The van der Waals surface area contributed by atoms with Crippen molar-refractivity contribution in [2.24, 2.45) is 11.7 Å². The van der Waals surface area contributed by atoms with Crippen LogP contribution in [0.15, 0.2) is 0 Å². The predicted molar refractivity (Wildman–Crippen MR) is 50.9 cm³/mol. The van der Waals surface area contributed by atoms with Gasteiger partial charge in [0, 0.05) is 6.04 Å². The number of aliphatic hydroxyl groups is 1. The minimum absolute atomic E-state index is 0.0198. The van der Waals surface area contributed by atoms with E-state index in [1.807, 2.05) is 0 Å². The molecule has 0 heterocycles. The van der Waals surface area contributed by atoms with Crippen molar-refractivity contribution in [2.75, 3.05) is 6.61 Å². The van der Waals surface area contributed by atoms with Crippen LogP contribution in [-0.2, 0) is 0 Å². The monoisotopic (exact) mass is 171 g/mol. The van der Waals surface area contributed by atoms with Crippen LogP contribution in [0.2, 0.25) is 0 Å². The fourth-order valence-electron chi connectivity index (χ4n) is 2.06. The van der Waals surface area contributed by atoms with Gasteiger partial charge in [0.15, 0.2) is 0 Å². The Hall–Kier alpha value is -0.0800. The van der Waals surface area contributed by atoms with E-state index >= 15 is 0 Å². The number of nitrogens with two attached hydrogens (primary N) is 1. The zero-order valence-corrected chi connectivity index (χ0v) is 7.84. The lowest BCUT2D eigenvalue weighted by molar-refractivity contribution is 0.255. The largest absolute Gasteiger partial charge is 0.395 e. The highest BCUT2D eigenvalue weighted by Gasteiger charge is 2.14. The lowest BCUT2D eigenvalue weighted by Crippen LogP contribution is -2.24. The molecule has 1 saturated carbocycles. The van der Waals surface area contributed by atoms with E-state index in [1.54, 1.807) is 0 Å². The summed E-state index contributed by atoms with van der Waals surface area (Å²) in [5.41, 5.74) is 5.61. The third-order valence-electron chi connectivity index (χ3n) is 2.90.